The van der Waals surface area contributed by atoms with Gasteiger partial charge in [0.1, 0.15) is 5.82 Å². The van der Waals surface area contributed by atoms with E-state index in [0.717, 1.165) is 24.8 Å². The quantitative estimate of drug-likeness (QED) is 0.810. The van der Waals surface area contributed by atoms with Gasteiger partial charge in [-0.15, -0.1) is 0 Å². The number of hydrogen-bond acceptors (Lipinski definition) is 1. The molecule has 1 aromatic rings. The van der Waals surface area contributed by atoms with E-state index in [1.807, 2.05) is 6.07 Å². The summed E-state index contributed by atoms with van der Waals surface area (Å²) in [5.74, 6) is -0.554. The topological polar surface area (TPSA) is 43.1 Å². The van der Waals surface area contributed by atoms with Crippen LogP contribution in [0.5, 0.6) is 0 Å². The Morgan fingerprint density at radius 3 is 2.67 bits per heavy atom. The van der Waals surface area contributed by atoms with E-state index in [9.17, 15) is 9.18 Å². The number of nitrogens with two attached hydrogens (primary N) is 1. The molecule has 1 saturated carbocycles. The van der Waals surface area contributed by atoms with Crippen LogP contribution in [0.15, 0.2) is 24.3 Å². The molecular formula is C12H14FNO. The zero-order chi connectivity index (χ0) is 10.9. The molecule has 0 heterocycles. The minimum atomic E-state index is -0.307. The van der Waals surface area contributed by atoms with Crippen molar-refractivity contribution in [3.05, 3.63) is 35.6 Å². The second kappa shape index (κ2) is 3.65. The summed E-state index contributed by atoms with van der Waals surface area (Å²) in [4.78, 5) is 11.0. The molecule has 0 radical (unpaired) electrons. The highest BCUT2D eigenvalue weighted by atomic mass is 19.1. The van der Waals surface area contributed by atoms with E-state index in [-0.39, 0.29) is 17.1 Å². The standard InChI is InChI=1S/C12H14FNO/c13-10-4-1-3-9(7-10)12(5-2-6-12)8-11(14)15/h1,3-4,7H,2,5-6,8H2,(H2,14,15). The van der Waals surface area contributed by atoms with Crippen molar-refractivity contribution in [1.82, 2.24) is 0 Å². The summed E-state index contributed by atoms with van der Waals surface area (Å²) in [6.45, 7) is 0. The molecule has 2 rings (SSSR count). The van der Waals surface area contributed by atoms with E-state index in [4.69, 9.17) is 5.73 Å². The molecule has 2 N–H and O–H groups in total. The van der Waals surface area contributed by atoms with Crippen LogP contribution in [0.4, 0.5) is 4.39 Å². The van der Waals surface area contributed by atoms with Crippen LogP contribution in [0.3, 0.4) is 0 Å². The van der Waals surface area contributed by atoms with Gasteiger partial charge in [-0.25, -0.2) is 4.39 Å². The first-order valence-corrected chi connectivity index (χ1v) is 5.17. The SMILES string of the molecule is NC(=O)CC1(c2cccc(F)c2)CCC1. The monoisotopic (exact) mass is 207 g/mol. The van der Waals surface area contributed by atoms with Crippen molar-refractivity contribution in [3.8, 4) is 0 Å². The Morgan fingerprint density at radius 1 is 1.47 bits per heavy atom. The molecular weight excluding hydrogens is 193 g/mol. The molecule has 0 aromatic heterocycles. The van der Waals surface area contributed by atoms with E-state index >= 15 is 0 Å². The molecule has 0 atom stereocenters. The van der Waals surface area contributed by atoms with E-state index in [1.165, 1.54) is 12.1 Å². The van der Waals surface area contributed by atoms with Gasteiger partial charge >= 0.3 is 0 Å². The van der Waals surface area contributed by atoms with Crippen LogP contribution in [0.2, 0.25) is 0 Å². The Hall–Kier alpha value is -1.38. The number of rotatable bonds is 3. The van der Waals surface area contributed by atoms with E-state index in [2.05, 4.69) is 0 Å². The molecule has 1 fully saturated rings. The highest BCUT2D eigenvalue weighted by Gasteiger charge is 2.39. The van der Waals surface area contributed by atoms with E-state index in [0.29, 0.717) is 6.42 Å². The lowest BCUT2D eigenvalue weighted by molar-refractivity contribution is -0.120. The van der Waals surface area contributed by atoms with Gasteiger partial charge in [-0.1, -0.05) is 18.6 Å². The number of benzene rings is 1. The van der Waals surface area contributed by atoms with Crippen LogP contribution >= 0.6 is 0 Å². The van der Waals surface area contributed by atoms with Crippen LogP contribution in [0, 0.1) is 5.82 Å². The maximum Gasteiger partial charge on any atom is 0.218 e. The fourth-order valence-electron chi connectivity index (χ4n) is 2.32. The normalized spacial score (nSPS) is 18.2. The molecule has 1 aliphatic carbocycles. The highest BCUT2D eigenvalue weighted by Crippen LogP contribution is 2.46. The zero-order valence-electron chi connectivity index (χ0n) is 8.50. The number of amides is 1. The van der Waals surface area contributed by atoms with E-state index in [1.54, 1.807) is 6.07 Å². The van der Waals surface area contributed by atoms with E-state index < -0.39 is 0 Å². The smallest absolute Gasteiger partial charge is 0.218 e. The van der Waals surface area contributed by atoms with Gasteiger partial charge in [0, 0.05) is 11.8 Å². The highest BCUT2D eigenvalue weighted by molar-refractivity contribution is 5.75. The van der Waals surface area contributed by atoms with Gasteiger partial charge in [-0.05, 0) is 30.5 Å². The van der Waals surface area contributed by atoms with Gasteiger partial charge in [0.15, 0.2) is 0 Å². The van der Waals surface area contributed by atoms with Crippen molar-refractivity contribution in [2.75, 3.05) is 0 Å². The molecule has 15 heavy (non-hydrogen) atoms. The van der Waals surface area contributed by atoms with Crippen LogP contribution < -0.4 is 5.73 Å². The lowest BCUT2D eigenvalue weighted by Crippen LogP contribution is -2.38. The Bertz CT molecular complexity index is 385. The van der Waals surface area contributed by atoms with Crippen LogP contribution in [0.25, 0.3) is 0 Å². The third-order valence-corrected chi connectivity index (χ3v) is 3.26. The van der Waals surface area contributed by atoms with Crippen molar-refractivity contribution in [2.24, 2.45) is 5.73 Å². The minimum Gasteiger partial charge on any atom is -0.370 e. The first kappa shape index (κ1) is 10.1. The Balaban J connectivity index is 2.29. The second-order valence-electron chi connectivity index (χ2n) is 4.29. The molecule has 1 aliphatic rings. The summed E-state index contributed by atoms with van der Waals surface area (Å²) in [5, 5.41) is 0. The van der Waals surface area contributed by atoms with Gasteiger partial charge in [-0.3, -0.25) is 4.79 Å². The average Bonchev–Trinajstić information content (AvgIpc) is 2.11. The summed E-state index contributed by atoms with van der Waals surface area (Å²) in [6.07, 6.45) is 3.28. The summed E-state index contributed by atoms with van der Waals surface area (Å²) in [6, 6.07) is 6.50. The van der Waals surface area contributed by atoms with Crippen molar-refractivity contribution < 1.29 is 9.18 Å². The number of halogens is 1. The number of hydrogen-bond donors (Lipinski definition) is 1. The fourth-order valence-corrected chi connectivity index (χ4v) is 2.32. The molecule has 0 bridgehead atoms. The third-order valence-electron chi connectivity index (χ3n) is 3.26. The predicted octanol–water partition coefficient (Wildman–Crippen LogP) is 2.12. The van der Waals surface area contributed by atoms with Crippen molar-refractivity contribution in [3.63, 3.8) is 0 Å². The summed E-state index contributed by atoms with van der Waals surface area (Å²) < 4.78 is 13.1. The molecule has 1 amide bonds. The van der Waals surface area contributed by atoms with Crippen molar-refractivity contribution >= 4 is 5.91 Å². The third kappa shape index (κ3) is 1.87. The predicted molar refractivity (Wildman–Crippen MR) is 55.7 cm³/mol. The van der Waals surface area contributed by atoms with Gasteiger partial charge < -0.3 is 5.73 Å². The molecule has 0 saturated heterocycles. The molecule has 2 nitrogen and oxygen atoms in total. The van der Waals surface area contributed by atoms with Gasteiger partial charge in [0.2, 0.25) is 5.91 Å². The Kier molecular flexibility index (Phi) is 2.47. The summed E-state index contributed by atoms with van der Waals surface area (Å²) in [7, 11) is 0. The molecule has 0 aliphatic heterocycles. The second-order valence-corrected chi connectivity index (χ2v) is 4.29. The number of carbonyl (C=O) groups is 1. The number of primary amides is 1. The summed E-state index contributed by atoms with van der Waals surface area (Å²) >= 11 is 0. The molecule has 0 unspecified atom stereocenters. The molecule has 1 aromatic carbocycles. The number of carbonyl (C=O) groups excluding carboxylic acids is 1. The van der Waals surface area contributed by atoms with Crippen LogP contribution in [-0.4, -0.2) is 5.91 Å². The van der Waals surface area contributed by atoms with Crippen LogP contribution in [-0.2, 0) is 10.2 Å². The van der Waals surface area contributed by atoms with Gasteiger partial charge in [-0.2, -0.15) is 0 Å². The molecule has 3 heteroatoms. The minimum absolute atomic E-state index is 0.187. The molecule has 80 valence electrons. The Labute approximate surface area is 88.3 Å². The maximum atomic E-state index is 13.1. The van der Waals surface area contributed by atoms with Crippen molar-refractivity contribution in [2.45, 2.75) is 31.1 Å². The maximum absolute atomic E-state index is 13.1. The summed E-state index contributed by atoms with van der Waals surface area (Å²) in [5.41, 5.74) is 5.95. The first-order valence-electron chi connectivity index (χ1n) is 5.17. The lowest BCUT2D eigenvalue weighted by Gasteiger charge is -2.41. The first-order chi connectivity index (χ1) is 7.12. The van der Waals surface area contributed by atoms with Crippen LogP contribution in [0.1, 0.15) is 31.2 Å². The largest absolute Gasteiger partial charge is 0.370 e. The average molecular weight is 207 g/mol. The van der Waals surface area contributed by atoms with Gasteiger partial charge in [0.25, 0.3) is 0 Å². The molecule has 0 spiro atoms. The Morgan fingerprint density at radius 2 is 2.20 bits per heavy atom. The zero-order valence-corrected chi connectivity index (χ0v) is 8.50. The van der Waals surface area contributed by atoms with Crippen molar-refractivity contribution in [1.29, 1.82) is 0 Å². The fraction of sp³-hybridized carbons (Fsp3) is 0.417. The lowest BCUT2D eigenvalue weighted by atomic mass is 9.62. The van der Waals surface area contributed by atoms with Gasteiger partial charge in [0.05, 0.1) is 0 Å².